The predicted molar refractivity (Wildman–Crippen MR) is 109 cm³/mol. The summed E-state index contributed by atoms with van der Waals surface area (Å²) in [7, 11) is 0. The molecule has 2 heterocycles. The van der Waals surface area contributed by atoms with Crippen LogP contribution in [-0.4, -0.2) is 33.7 Å². The van der Waals surface area contributed by atoms with Crippen LogP contribution < -0.4 is 4.74 Å². The standard InChI is InChI=1S/C20H22FN3O2.C2H6/c1-4-15(5-2)13-26-19-10-18-12-23(11-14(3)24(18)22-19)20(25)16-6-8-17(21)9-7-16;1-2/h4-10,14H,1,11-13H2,2-3H3;1-2H3/b15-5+;. The van der Waals surface area contributed by atoms with E-state index in [1.54, 1.807) is 11.0 Å². The fourth-order valence-electron chi connectivity index (χ4n) is 2.98. The van der Waals surface area contributed by atoms with Gasteiger partial charge in [0.15, 0.2) is 0 Å². The molecule has 0 fully saturated rings. The largest absolute Gasteiger partial charge is 0.472 e. The normalized spacial score (nSPS) is 16.0. The summed E-state index contributed by atoms with van der Waals surface area (Å²) in [6.07, 6.45) is 3.69. The minimum atomic E-state index is -0.353. The fraction of sp³-hybridized carbons (Fsp3) is 0.364. The Kier molecular flexibility index (Phi) is 7.55. The van der Waals surface area contributed by atoms with E-state index < -0.39 is 0 Å². The molecule has 0 radical (unpaired) electrons. The number of carbonyl (C=O) groups is 1. The van der Waals surface area contributed by atoms with Gasteiger partial charge in [0.25, 0.3) is 5.91 Å². The minimum Gasteiger partial charge on any atom is -0.472 e. The van der Waals surface area contributed by atoms with Crippen molar-refractivity contribution < 1.29 is 13.9 Å². The Hall–Kier alpha value is -2.89. The summed E-state index contributed by atoms with van der Waals surface area (Å²) in [5.74, 6) is 0.0622. The number of allylic oxidation sites excluding steroid dienone is 1. The maximum atomic E-state index is 13.1. The molecule has 1 amide bonds. The topological polar surface area (TPSA) is 47.4 Å². The van der Waals surface area contributed by atoms with Crippen LogP contribution >= 0.6 is 0 Å². The van der Waals surface area contributed by atoms with Gasteiger partial charge in [0, 0.05) is 18.2 Å². The van der Waals surface area contributed by atoms with E-state index in [9.17, 15) is 9.18 Å². The summed E-state index contributed by atoms with van der Waals surface area (Å²) >= 11 is 0. The zero-order valence-corrected chi connectivity index (χ0v) is 17.0. The second-order valence-corrected chi connectivity index (χ2v) is 6.32. The Morgan fingerprint density at radius 2 is 2.04 bits per heavy atom. The van der Waals surface area contributed by atoms with Gasteiger partial charge in [-0.2, -0.15) is 0 Å². The molecule has 1 atom stereocenters. The molecule has 0 spiro atoms. The van der Waals surface area contributed by atoms with Crippen LogP contribution in [-0.2, 0) is 6.54 Å². The lowest BCUT2D eigenvalue weighted by Gasteiger charge is -2.32. The van der Waals surface area contributed by atoms with Crippen LogP contribution in [0, 0.1) is 5.82 Å². The van der Waals surface area contributed by atoms with Crippen molar-refractivity contribution in [1.82, 2.24) is 14.7 Å². The van der Waals surface area contributed by atoms with Crippen molar-refractivity contribution in [1.29, 1.82) is 0 Å². The van der Waals surface area contributed by atoms with Crippen LogP contribution in [0.1, 0.15) is 49.8 Å². The molecular weight excluding hydrogens is 357 g/mol. The Morgan fingerprint density at radius 3 is 2.64 bits per heavy atom. The lowest BCUT2D eigenvalue weighted by Crippen LogP contribution is -2.40. The predicted octanol–water partition coefficient (Wildman–Crippen LogP) is 4.78. The molecule has 1 aromatic heterocycles. The smallest absolute Gasteiger partial charge is 0.254 e. The zero-order valence-electron chi connectivity index (χ0n) is 17.0. The first-order chi connectivity index (χ1) is 13.5. The number of amides is 1. The van der Waals surface area contributed by atoms with Gasteiger partial charge in [0.1, 0.15) is 12.4 Å². The molecule has 0 saturated carbocycles. The molecule has 1 aliphatic rings. The van der Waals surface area contributed by atoms with Gasteiger partial charge in [-0.05, 0) is 43.7 Å². The number of halogens is 1. The average molecular weight is 385 g/mol. The maximum Gasteiger partial charge on any atom is 0.254 e. The van der Waals surface area contributed by atoms with Crippen molar-refractivity contribution in [2.24, 2.45) is 0 Å². The number of carbonyl (C=O) groups excluding carboxylic acids is 1. The molecule has 1 aromatic carbocycles. The highest BCUT2D eigenvalue weighted by Crippen LogP contribution is 2.25. The van der Waals surface area contributed by atoms with E-state index in [2.05, 4.69) is 11.7 Å². The summed E-state index contributed by atoms with van der Waals surface area (Å²) in [6.45, 7) is 13.1. The van der Waals surface area contributed by atoms with E-state index in [1.807, 2.05) is 44.5 Å². The molecular formula is C22H28FN3O2. The number of hydrogen-bond acceptors (Lipinski definition) is 3. The van der Waals surface area contributed by atoms with Crippen LogP contribution in [0.3, 0.4) is 0 Å². The molecule has 5 nitrogen and oxygen atoms in total. The Morgan fingerprint density at radius 1 is 1.36 bits per heavy atom. The van der Waals surface area contributed by atoms with Gasteiger partial charge in [0.2, 0.25) is 5.88 Å². The Balaban J connectivity index is 0.00000136. The first-order valence-electron chi connectivity index (χ1n) is 9.55. The zero-order chi connectivity index (χ0) is 20.7. The van der Waals surface area contributed by atoms with Gasteiger partial charge < -0.3 is 9.64 Å². The molecule has 28 heavy (non-hydrogen) atoms. The van der Waals surface area contributed by atoms with Crippen LogP contribution in [0.25, 0.3) is 0 Å². The maximum absolute atomic E-state index is 13.1. The number of ether oxygens (including phenoxy) is 1. The molecule has 2 aromatic rings. The number of benzene rings is 1. The highest BCUT2D eigenvalue weighted by atomic mass is 19.1. The van der Waals surface area contributed by atoms with Gasteiger partial charge in [0.05, 0.1) is 18.3 Å². The van der Waals surface area contributed by atoms with E-state index in [-0.39, 0.29) is 17.8 Å². The highest BCUT2D eigenvalue weighted by molar-refractivity contribution is 5.94. The number of rotatable bonds is 5. The van der Waals surface area contributed by atoms with E-state index in [4.69, 9.17) is 4.74 Å². The van der Waals surface area contributed by atoms with Crippen LogP contribution in [0.15, 0.2) is 54.6 Å². The monoisotopic (exact) mass is 385 g/mol. The third-order valence-corrected chi connectivity index (χ3v) is 4.44. The summed E-state index contributed by atoms with van der Waals surface area (Å²) in [5, 5.41) is 4.50. The van der Waals surface area contributed by atoms with Crippen LogP contribution in [0.5, 0.6) is 5.88 Å². The van der Waals surface area contributed by atoms with Gasteiger partial charge in [-0.1, -0.05) is 32.6 Å². The van der Waals surface area contributed by atoms with Crippen molar-refractivity contribution in [2.75, 3.05) is 13.2 Å². The lowest BCUT2D eigenvalue weighted by molar-refractivity contribution is 0.0677. The molecule has 1 aliphatic heterocycles. The average Bonchev–Trinajstić information content (AvgIpc) is 3.14. The lowest BCUT2D eigenvalue weighted by atomic mass is 10.1. The van der Waals surface area contributed by atoms with Crippen LogP contribution in [0.4, 0.5) is 4.39 Å². The van der Waals surface area contributed by atoms with Crippen molar-refractivity contribution in [2.45, 2.75) is 40.3 Å². The summed E-state index contributed by atoms with van der Waals surface area (Å²) < 4.78 is 20.7. The second kappa shape index (κ2) is 9.88. The summed E-state index contributed by atoms with van der Waals surface area (Å²) in [6, 6.07) is 7.51. The molecule has 0 saturated heterocycles. The Labute approximate surface area is 166 Å². The van der Waals surface area contributed by atoms with Crippen LogP contribution in [0.2, 0.25) is 0 Å². The molecule has 3 rings (SSSR count). The quantitative estimate of drug-likeness (QED) is 0.696. The second-order valence-electron chi connectivity index (χ2n) is 6.32. The Bertz CT molecular complexity index is 840. The van der Waals surface area contributed by atoms with Gasteiger partial charge >= 0.3 is 0 Å². The number of hydrogen-bond donors (Lipinski definition) is 0. The van der Waals surface area contributed by atoms with Gasteiger partial charge in [-0.15, -0.1) is 5.10 Å². The first kappa shape index (κ1) is 21.4. The van der Waals surface area contributed by atoms with E-state index in [0.29, 0.717) is 31.1 Å². The molecule has 6 heteroatoms. The minimum absolute atomic E-state index is 0.0288. The number of nitrogens with zero attached hydrogens (tertiary/aromatic N) is 3. The van der Waals surface area contributed by atoms with Crippen molar-refractivity contribution >= 4 is 5.91 Å². The van der Waals surface area contributed by atoms with E-state index in [1.165, 1.54) is 24.3 Å². The van der Waals surface area contributed by atoms with Crippen molar-refractivity contribution in [3.63, 3.8) is 0 Å². The fourth-order valence-corrected chi connectivity index (χ4v) is 2.98. The van der Waals surface area contributed by atoms with Crippen molar-refractivity contribution in [3.8, 4) is 5.88 Å². The third kappa shape index (κ3) is 4.88. The molecule has 150 valence electrons. The van der Waals surface area contributed by atoms with E-state index >= 15 is 0 Å². The van der Waals surface area contributed by atoms with E-state index in [0.717, 1.165) is 11.3 Å². The SMILES string of the molecule is C=C/C(=C\C)COc1cc2n(n1)C(C)CN(C(=O)c1ccc(F)cc1)C2.CC. The van der Waals surface area contributed by atoms with Gasteiger partial charge in [-0.25, -0.2) is 4.39 Å². The molecule has 0 bridgehead atoms. The van der Waals surface area contributed by atoms with Crippen molar-refractivity contribution in [3.05, 3.63) is 71.7 Å². The molecule has 1 unspecified atom stereocenters. The molecule has 0 aliphatic carbocycles. The summed E-state index contributed by atoms with van der Waals surface area (Å²) in [4.78, 5) is 14.4. The van der Waals surface area contributed by atoms with Gasteiger partial charge in [-0.3, -0.25) is 9.48 Å². The molecule has 0 N–H and O–H groups in total. The number of aromatic nitrogens is 2. The third-order valence-electron chi connectivity index (χ3n) is 4.44. The number of fused-ring (bicyclic) bond motifs is 1. The highest BCUT2D eigenvalue weighted by Gasteiger charge is 2.28. The first-order valence-corrected chi connectivity index (χ1v) is 9.55. The summed E-state index contributed by atoms with van der Waals surface area (Å²) in [5.41, 5.74) is 2.37.